The van der Waals surface area contributed by atoms with E-state index in [0.717, 1.165) is 68.5 Å². The third-order valence-electron chi connectivity index (χ3n) is 18.9. The minimum atomic E-state index is -0.336. The number of fused-ring (bicyclic) bond motifs is 6. The average Bonchev–Trinajstić information content (AvgIpc) is 1.60. The number of hydrogen-bond donors (Lipinski definition) is 2. The number of benzene rings is 8. The van der Waals surface area contributed by atoms with Crippen LogP contribution in [0.3, 0.4) is 0 Å². The minimum absolute atomic E-state index is 0. The largest absolute Gasteiger partial charge is 0.505 e. The fourth-order valence-electron chi connectivity index (χ4n) is 13.0. The van der Waals surface area contributed by atoms with E-state index >= 15 is 0 Å². The van der Waals surface area contributed by atoms with E-state index in [4.69, 9.17) is 11.7 Å². The topological polar surface area (TPSA) is 50.3 Å². The van der Waals surface area contributed by atoms with Crippen molar-refractivity contribution in [3.63, 3.8) is 0 Å². The maximum absolute atomic E-state index is 12.9. The van der Waals surface area contributed by atoms with Gasteiger partial charge < -0.3 is 19.3 Å². The zero-order valence-electron chi connectivity index (χ0n) is 59.8. The first-order valence-electron chi connectivity index (χ1n) is 33.6. The van der Waals surface area contributed by atoms with Crippen molar-refractivity contribution in [3.8, 4) is 22.9 Å². The molecular formula is C86H108HfN2O2S2-2. The molecule has 1 aliphatic rings. The quantitative estimate of drug-likeness (QED) is 0.0905. The summed E-state index contributed by atoms with van der Waals surface area (Å²) in [6.07, 6.45) is 6.98. The number of phenols is 2. The van der Waals surface area contributed by atoms with Crippen LogP contribution in [-0.2, 0) is 69.8 Å². The SMILES string of the molecule is C=S(Cc1cc(C(C)(C)C)cc(-n2c3ccc(C(C)(C)C)cc3c3cc(C(C)(C)C)ccc32)c1O)C1CCCCCCC1S(=C)Cc1cc(C(C)(C)C)cc(-n2c3ccc(C(C)(C)C)cc3c3cc(C(C)(C)C)ccc32)c1O.[CH2-]c1ccccc1.[CH2-]c1ccccc1.[Hf]. The van der Waals surface area contributed by atoms with Crippen LogP contribution in [0.2, 0.25) is 0 Å². The van der Waals surface area contributed by atoms with Crippen LogP contribution in [0, 0.1) is 13.8 Å². The number of phenolic OH excluding ortho intramolecular Hbond substituents is 2. The van der Waals surface area contributed by atoms with Crippen molar-refractivity contribution < 1.29 is 36.1 Å². The molecule has 8 aromatic carbocycles. The summed E-state index contributed by atoms with van der Waals surface area (Å²) in [5, 5.41) is 31.4. The van der Waals surface area contributed by atoms with Gasteiger partial charge in [-0.05, 0) is 139 Å². The first kappa shape index (κ1) is 72.8. The van der Waals surface area contributed by atoms with Crippen molar-refractivity contribution in [2.24, 2.45) is 0 Å². The Hall–Kier alpha value is -5.99. The second-order valence-corrected chi connectivity index (χ2v) is 36.4. The molecule has 4 atom stereocenters. The Morgan fingerprint density at radius 3 is 0.849 bits per heavy atom. The molecule has 1 fully saturated rings. The number of hydrogen-bond acceptors (Lipinski definition) is 2. The normalized spacial score (nSPS) is 16.0. The molecule has 0 saturated heterocycles. The van der Waals surface area contributed by atoms with E-state index in [1.807, 2.05) is 60.7 Å². The third kappa shape index (κ3) is 16.6. The molecule has 4 nitrogen and oxygen atoms in total. The van der Waals surface area contributed by atoms with Crippen LogP contribution in [0.1, 0.15) is 219 Å². The summed E-state index contributed by atoms with van der Waals surface area (Å²) in [5.41, 5.74) is 17.4. The molecule has 2 aromatic heterocycles. The van der Waals surface area contributed by atoms with Gasteiger partial charge in [0.25, 0.3) is 0 Å². The van der Waals surface area contributed by atoms with Gasteiger partial charge in [0.05, 0.1) is 33.4 Å². The molecule has 93 heavy (non-hydrogen) atoms. The fraction of sp³-hybridized carbons (Fsp3) is 0.395. The molecule has 0 spiro atoms. The van der Waals surface area contributed by atoms with E-state index in [2.05, 4.69) is 245 Å². The number of nitrogens with zero attached hydrogens (tertiary/aromatic N) is 2. The zero-order chi connectivity index (χ0) is 67.2. The zero-order valence-corrected chi connectivity index (χ0v) is 65.0. The molecule has 0 aliphatic heterocycles. The summed E-state index contributed by atoms with van der Waals surface area (Å²) in [6, 6.07) is 56.6. The second-order valence-electron chi connectivity index (χ2n) is 32.5. The molecule has 11 rings (SSSR count). The molecule has 492 valence electrons. The van der Waals surface area contributed by atoms with Gasteiger partial charge >= 0.3 is 0 Å². The van der Waals surface area contributed by atoms with E-state index in [0.29, 0.717) is 33.5 Å². The fourth-order valence-corrected chi connectivity index (χ4v) is 17.7. The molecule has 1 aliphatic carbocycles. The molecule has 10 aromatic rings. The van der Waals surface area contributed by atoms with Gasteiger partial charge in [-0.2, -0.15) is 70.2 Å². The molecule has 7 heteroatoms. The maximum atomic E-state index is 12.9. The van der Waals surface area contributed by atoms with E-state index < -0.39 is 0 Å². The molecule has 0 bridgehead atoms. The van der Waals surface area contributed by atoms with Crippen molar-refractivity contribution in [2.75, 3.05) is 0 Å². The molecule has 2 heterocycles. The summed E-state index contributed by atoms with van der Waals surface area (Å²) < 4.78 is 4.67. The van der Waals surface area contributed by atoms with Crippen molar-refractivity contribution >= 4 is 76.3 Å². The third-order valence-corrected chi connectivity index (χ3v) is 23.3. The van der Waals surface area contributed by atoms with Gasteiger partial charge in [0.1, 0.15) is 11.5 Å². The average molecular weight is 1440 g/mol. The van der Waals surface area contributed by atoms with Gasteiger partial charge in [0.2, 0.25) is 0 Å². The maximum Gasteiger partial charge on any atom is 0.143 e. The van der Waals surface area contributed by atoms with Crippen molar-refractivity contribution in [1.29, 1.82) is 0 Å². The van der Waals surface area contributed by atoms with Gasteiger partial charge in [0.15, 0.2) is 0 Å². The van der Waals surface area contributed by atoms with Crippen LogP contribution in [0.5, 0.6) is 11.5 Å². The summed E-state index contributed by atoms with van der Waals surface area (Å²) in [5.74, 6) is 12.3. The second kappa shape index (κ2) is 28.4. The molecular weight excluding hydrogens is 1340 g/mol. The Kier molecular flexibility index (Phi) is 22.2. The van der Waals surface area contributed by atoms with Crippen LogP contribution in [0.4, 0.5) is 0 Å². The Balaban J connectivity index is 0.000000655. The van der Waals surface area contributed by atoms with E-state index in [9.17, 15) is 10.2 Å². The summed E-state index contributed by atoms with van der Waals surface area (Å²) in [7, 11) is -0.672. The Morgan fingerprint density at radius 2 is 0.624 bits per heavy atom. The summed E-state index contributed by atoms with van der Waals surface area (Å²) in [6.45, 7) is 48.6. The van der Waals surface area contributed by atoms with Gasteiger partial charge in [-0.3, -0.25) is 0 Å². The minimum Gasteiger partial charge on any atom is -0.505 e. The molecule has 0 amide bonds. The predicted molar refractivity (Wildman–Crippen MR) is 411 cm³/mol. The van der Waals surface area contributed by atoms with Crippen molar-refractivity contribution in [1.82, 2.24) is 9.13 Å². The van der Waals surface area contributed by atoms with E-state index in [-0.39, 0.29) is 79.3 Å². The number of aromatic nitrogens is 2. The first-order chi connectivity index (χ1) is 42.9. The number of aromatic hydroxyl groups is 2. The van der Waals surface area contributed by atoms with Crippen LogP contribution in [0.25, 0.3) is 55.0 Å². The summed E-state index contributed by atoms with van der Waals surface area (Å²) >= 11 is 0. The monoisotopic (exact) mass is 1440 g/mol. The standard InChI is InChI=1S/C72H94N2O2S2.2C7H7.Hf/c1-67(2,3)47-27-31-57-53(37-47)54-38-48(68(4,5)6)28-32-58(54)73(57)61-41-51(71(13,14)15)35-45(65(61)75)43-77(19)63-25-23-21-22-24-26-64(63)78(20)44-46-36-52(72(16,17)18)42-62(66(46)76)74-59-33-29-49(69(7,8)9)39-55(59)56-40-50(70(10,11)12)30-34-60(56)74;2*1-7-5-3-2-4-6-7;/h27-42,63-64,75-76H,19-26,43-44H2,1-18H3;2*2-6H,1H2;/q;2*-1;. The number of rotatable bonds is 8. The predicted octanol–water partition coefficient (Wildman–Crippen LogP) is 24.0. The van der Waals surface area contributed by atoms with Gasteiger partial charge in [-0.15, -0.1) is 24.3 Å². The van der Waals surface area contributed by atoms with Crippen LogP contribution < -0.4 is 0 Å². The van der Waals surface area contributed by atoms with E-state index in [1.165, 1.54) is 80.6 Å². The first-order valence-corrected chi connectivity index (χ1v) is 36.8. The molecule has 1 saturated carbocycles. The van der Waals surface area contributed by atoms with Crippen LogP contribution in [0.15, 0.2) is 158 Å². The summed E-state index contributed by atoms with van der Waals surface area (Å²) in [4.78, 5) is 0. The Labute approximate surface area is 584 Å². The van der Waals surface area contributed by atoms with Crippen LogP contribution in [-0.4, -0.2) is 41.6 Å². The van der Waals surface area contributed by atoms with Crippen molar-refractivity contribution in [2.45, 2.75) is 218 Å². The Bertz CT molecular complexity index is 3890. The van der Waals surface area contributed by atoms with Crippen LogP contribution >= 0.6 is 21.0 Å². The Morgan fingerprint density at radius 1 is 0.366 bits per heavy atom. The smallest absolute Gasteiger partial charge is 0.143 e. The van der Waals surface area contributed by atoms with Crippen molar-refractivity contribution in [3.05, 3.63) is 227 Å². The van der Waals surface area contributed by atoms with Gasteiger partial charge in [0, 0.05) is 80.5 Å². The molecule has 2 N–H and O–H groups in total. The molecule has 0 radical (unpaired) electrons. The van der Waals surface area contributed by atoms with E-state index in [1.54, 1.807) is 0 Å². The van der Waals surface area contributed by atoms with Gasteiger partial charge in [-0.25, -0.2) is 0 Å². The molecule has 4 unspecified atom stereocenters. The van der Waals surface area contributed by atoms with Gasteiger partial charge in [-0.1, -0.05) is 211 Å².